The van der Waals surface area contributed by atoms with Gasteiger partial charge >= 0.3 is 29.6 Å². The average Bonchev–Trinajstić information content (AvgIpc) is 2.23. The molecule has 0 bridgehead atoms. The standard InChI is InChI=1S/C12H9BrS.Na.H/c13-10-6-7-12(14)11(8-10)9-4-2-1-3-5-9;;/h1-8,14H;;. The summed E-state index contributed by atoms with van der Waals surface area (Å²) in [7, 11) is 0. The van der Waals surface area contributed by atoms with Crippen LogP contribution in [0.1, 0.15) is 0 Å². The van der Waals surface area contributed by atoms with E-state index in [1.807, 2.05) is 30.3 Å². The molecule has 2 aromatic rings. The van der Waals surface area contributed by atoms with E-state index in [0.717, 1.165) is 14.9 Å². The number of hydrogen-bond donors (Lipinski definition) is 1. The zero-order valence-electron chi connectivity index (χ0n) is 7.44. The molecule has 0 atom stereocenters. The monoisotopic (exact) mass is 288 g/mol. The topological polar surface area (TPSA) is 0 Å². The van der Waals surface area contributed by atoms with Gasteiger partial charge in [0.05, 0.1) is 0 Å². The van der Waals surface area contributed by atoms with Crippen molar-refractivity contribution in [2.75, 3.05) is 0 Å². The van der Waals surface area contributed by atoms with Crippen LogP contribution in [0.4, 0.5) is 0 Å². The molecule has 15 heavy (non-hydrogen) atoms. The van der Waals surface area contributed by atoms with Gasteiger partial charge in [0.1, 0.15) is 0 Å². The van der Waals surface area contributed by atoms with Crippen LogP contribution in [0.2, 0.25) is 0 Å². The normalized spacial score (nSPS) is 9.47. The molecule has 2 aromatic carbocycles. The van der Waals surface area contributed by atoms with Gasteiger partial charge in [0.25, 0.3) is 0 Å². The van der Waals surface area contributed by atoms with Gasteiger partial charge in [-0.3, -0.25) is 0 Å². The molecule has 72 valence electrons. The fourth-order valence-electron chi connectivity index (χ4n) is 1.36. The summed E-state index contributed by atoms with van der Waals surface area (Å²) >= 11 is 7.90. The quantitative estimate of drug-likeness (QED) is 0.600. The zero-order valence-corrected chi connectivity index (χ0v) is 9.92. The molecule has 2 rings (SSSR count). The molecule has 0 saturated heterocycles. The van der Waals surface area contributed by atoms with Gasteiger partial charge < -0.3 is 0 Å². The van der Waals surface area contributed by atoms with Crippen LogP contribution in [0, 0.1) is 0 Å². The van der Waals surface area contributed by atoms with Gasteiger partial charge in [-0.05, 0) is 29.3 Å². The van der Waals surface area contributed by atoms with Crippen LogP contribution in [0.25, 0.3) is 11.1 Å². The molecular formula is C12H10BrNaS. The summed E-state index contributed by atoms with van der Waals surface area (Å²) in [5, 5.41) is 0. The van der Waals surface area contributed by atoms with Crippen LogP contribution < -0.4 is 0 Å². The molecule has 0 aromatic heterocycles. The van der Waals surface area contributed by atoms with Gasteiger partial charge in [-0.2, -0.15) is 0 Å². The average molecular weight is 289 g/mol. The number of thiol groups is 1. The zero-order chi connectivity index (χ0) is 9.97. The molecule has 3 heteroatoms. The summed E-state index contributed by atoms with van der Waals surface area (Å²) in [5.41, 5.74) is 2.35. The second-order valence-electron chi connectivity index (χ2n) is 3.03. The van der Waals surface area contributed by atoms with Crippen molar-refractivity contribution in [3.63, 3.8) is 0 Å². The molecule has 0 nitrogen and oxygen atoms in total. The van der Waals surface area contributed by atoms with E-state index in [4.69, 9.17) is 0 Å². The van der Waals surface area contributed by atoms with Gasteiger partial charge in [0, 0.05) is 9.37 Å². The molecule has 0 aliphatic rings. The van der Waals surface area contributed by atoms with Crippen molar-refractivity contribution in [3.05, 3.63) is 53.0 Å². The Bertz CT molecular complexity index is 443. The third kappa shape index (κ3) is 3.36. The molecule has 0 saturated carbocycles. The first-order chi connectivity index (χ1) is 6.77. The Hall–Kier alpha value is 0.270. The molecule has 0 aliphatic carbocycles. The third-order valence-electron chi connectivity index (χ3n) is 2.04. The SMILES string of the molecule is Sc1ccc(Br)cc1-c1ccccc1.[NaH]. The summed E-state index contributed by atoms with van der Waals surface area (Å²) < 4.78 is 1.08. The van der Waals surface area contributed by atoms with Crippen molar-refractivity contribution in [3.8, 4) is 11.1 Å². The first kappa shape index (κ1) is 13.3. The number of benzene rings is 2. The Kier molecular flexibility index (Phi) is 5.44. The van der Waals surface area contributed by atoms with Gasteiger partial charge in [-0.1, -0.05) is 46.3 Å². The summed E-state index contributed by atoms with van der Waals surface area (Å²) in [6.45, 7) is 0. The molecule has 0 fully saturated rings. The van der Waals surface area contributed by atoms with Gasteiger partial charge in [0.2, 0.25) is 0 Å². The maximum atomic E-state index is 4.44. The second kappa shape index (κ2) is 6.12. The molecule has 0 N–H and O–H groups in total. The predicted octanol–water partition coefficient (Wildman–Crippen LogP) is 3.76. The van der Waals surface area contributed by atoms with Crippen molar-refractivity contribution in [1.82, 2.24) is 0 Å². The summed E-state index contributed by atoms with van der Waals surface area (Å²) in [6, 6.07) is 16.3. The van der Waals surface area contributed by atoms with E-state index in [1.54, 1.807) is 0 Å². The molecular weight excluding hydrogens is 279 g/mol. The Balaban J connectivity index is 0.00000112. The number of rotatable bonds is 1. The summed E-state index contributed by atoms with van der Waals surface area (Å²) in [6.07, 6.45) is 0. The van der Waals surface area contributed by atoms with Crippen molar-refractivity contribution in [1.29, 1.82) is 0 Å². The van der Waals surface area contributed by atoms with Crippen LogP contribution in [0.15, 0.2) is 57.9 Å². The predicted molar refractivity (Wildman–Crippen MR) is 74.0 cm³/mol. The number of halogens is 1. The van der Waals surface area contributed by atoms with E-state index in [9.17, 15) is 0 Å². The molecule has 0 radical (unpaired) electrons. The van der Waals surface area contributed by atoms with Crippen molar-refractivity contribution in [2.24, 2.45) is 0 Å². The van der Waals surface area contributed by atoms with Crippen LogP contribution in [0.3, 0.4) is 0 Å². The fourth-order valence-corrected chi connectivity index (χ4v) is 1.99. The summed E-state index contributed by atoms with van der Waals surface area (Å²) in [4.78, 5) is 0.999. The van der Waals surface area contributed by atoms with Crippen molar-refractivity contribution >= 4 is 58.1 Å². The van der Waals surface area contributed by atoms with E-state index in [-0.39, 0.29) is 29.6 Å². The van der Waals surface area contributed by atoms with E-state index < -0.39 is 0 Å². The Morgan fingerprint density at radius 1 is 0.933 bits per heavy atom. The first-order valence-corrected chi connectivity index (χ1v) is 5.55. The van der Waals surface area contributed by atoms with E-state index in [0.29, 0.717) is 0 Å². The Morgan fingerprint density at radius 3 is 2.27 bits per heavy atom. The summed E-state index contributed by atoms with van der Waals surface area (Å²) in [5.74, 6) is 0. The Morgan fingerprint density at radius 2 is 1.60 bits per heavy atom. The second-order valence-corrected chi connectivity index (χ2v) is 4.42. The molecule has 0 aliphatic heterocycles. The van der Waals surface area contributed by atoms with Crippen molar-refractivity contribution < 1.29 is 0 Å². The Labute approximate surface area is 126 Å². The van der Waals surface area contributed by atoms with Crippen molar-refractivity contribution in [2.45, 2.75) is 4.90 Å². The minimum absolute atomic E-state index is 0. The van der Waals surface area contributed by atoms with Gasteiger partial charge in [-0.25, -0.2) is 0 Å². The van der Waals surface area contributed by atoms with Crippen LogP contribution in [0.5, 0.6) is 0 Å². The van der Waals surface area contributed by atoms with E-state index in [1.165, 1.54) is 5.56 Å². The first-order valence-electron chi connectivity index (χ1n) is 4.31. The number of hydrogen-bond acceptors (Lipinski definition) is 1. The van der Waals surface area contributed by atoms with Crippen LogP contribution in [-0.4, -0.2) is 29.6 Å². The molecule has 0 spiro atoms. The van der Waals surface area contributed by atoms with Crippen LogP contribution in [-0.2, 0) is 0 Å². The van der Waals surface area contributed by atoms with Crippen LogP contribution >= 0.6 is 28.6 Å². The van der Waals surface area contributed by atoms with Gasteiger partial charge in [-0.15, -0.1) is 12.6 Å². The maximum absolute atomic E-state index is 4.44. The third-order valence-corrected chi connectivity index (χ3v) is 2.93. The molecule has 0 amide bonds. The fraction of sp³-hybridized carbons (Fsp3) is 0. The van der Waals surface area contributed by atoms with Gasteiger partial charge in [0.15, 0.2) is 0 Å². The molecule has 0 heterocycles. The minimum atomic E-state index is 0. The van der Waals surface area contributed by atoms with E-state index in [2.05, 4.69) is 46.8 Å². The van der Waals surface area contributed by atoms with E-state index >= 15 is 0 Å². The molecule has 0 unspecified atom stereocenters.